The second kappa shape index (κ2) is 9.51. The topological polar surface area (TPSA) is 88.1 Å². The first kappa shape index (κ1) is 25.3. The molecule has 1 fully saturated rings. The van der Waals surface area contributed by atoms with Crippen molar-refractivity contribution < 1.29 is 40.6 Å². The van der Waals surface area contributed by atoms with E-state index in [0.29, 0.717) is 36.4 Å². The van der Waals surface area contributed by atoms with Gasteiger partial charge in [-0.15, -0.1) is 13.2 Å². The van der Waals surface area contributed by atoms with Crippen LogP contribution in [-0.2, 0) is 10.0 Å². The minimum Gasteiger partial charge on any atom is -0.453 e. The summed E-state index contributed by atoms with van der Waals surface area (Å²) in [5.41, 5.74) is 1.18. The molecule has 7 nitrogen and oxygen atoms in total. The van der Waals surface area contributed by atoms with E-state index >= 15 is 0 Å². The third-order valence-corrected chi connectivity index (χ3v) is 7.86. The molecule has 0 amide bonds. The Bertz CT molecular complexity index is 1400. The molecule has 196 valence electrons. The summed E-state index contributed by atoms with van der Waals surface area (Å²) >= 11 is 0. The lowest BCUT2D eigenvalue weighted by atomic mass is 9.86. The Morgan fingerprint density at radius 2 is 1.68 bits per heavy atom. The number of alkyl halides is 3. The summed E-state index contributed by atoms with van der Waals surface area (Å²) in [5.74, 6) is -0.295. The maximum absolute atomic E-state index is 13.9. The van der Waals surface area contributed by atoms with Crippen molar-refractivity contribution in [2.24, 2.45) is 0 Å². The molecule has 3 aromatic rings. The van der Waals surface area contributed by atoms with Gasteiger partial charge in [-0.05, 0) is 67.8 Å². The zero-order valence-electron chi connectivity index (χ0n) is 19.2. The zero-order chi connectivity index (χ0) is 26.4. The molecule has 1 aliphatic carbocycles. The van der Waals surface area contributed by atoms with E-state index in [1.807, 2.05) is 4.90 Å². The van der Waals surface area contributed by atoms with Crippen LogP contribution in [0.3, 0.4) is 0 Å². The van der Waals surface area contributed by atoms with Crippen LogP contribution < -0.4 is 19.1 Å². The van der Waals surface area contributed by atoms with Crippen LogP contribution in [-0.4, -0.2) is 38.1 Å². The summed E-state index contributed by atoms with van der Waals surface area (Å²) in [7, 11) is -4.17. The number of anilines is 2. The normalized spacial score (nSPS) is 21.5. The highest BCUT2D eigenvalue weighted by atomic mass is 32.2. The lowest BCUT2D eigenvalue weighted by Gasteiger charge is -2.44. The number of halogens is 4. The van der Waals surface area contributed by atoms with Gasteiger partial charge in [0.05, 0.1) is 34.5 Å². The quantitative estimate of drug-likeness (QED) is 0.433. The lowest BCUT2D eigenvalue weighted by molar-refractivity contribution is -0.274. The number of nitrogens with one attached hydrogen (secondary N) is 1. The van der Waals surface area contributed by atoms with Gasteiger partial charge in [0.15, 0.2) is 11.5 Å². The van der Waals surface area contributed by atoms with Gasteiger partial charge in [-0.25, -0.2) is 17.5 Å². The fourth-order valence-electron chi connectivity index (χ4n) is 4.77. The Labute approximate surface area is 210 Å². The van der Waals surface area contributed by atoms with E-state index in [1.165, 1.54) is 12.1 Å². The molecule has 0 radical (unpaired) electrons. The highest BCUT2D eigenvalue weighted by Crippen LogP contribution is 2.49. The summed E-state index contributed by atoms with van der Waals surface area (Å²) in [5, 5.41) is 11.3. The molecule has 2 N–H and O–H groups in total. The molecule has 0 spiro atoms. The van der Waals surface area contributed by atoms with E-state index in [2.05, 4.69) is 9.46 Å². The fourth-order valence-corrected chi connectivity index (χ4v) is 6.06. The van der Waals surface area contributed by atoms with Crippen molar-refractivity contribution in [3.05, 3.63) is 72.5 Å². The Hall–Kier alpha value is -3.35. The highest BCUT2D eigenvalue weighted by molar-refractivity contribution is 7.89. The number of aliphatic hydroxyl groups excluding tert-OH is 1. The van der Waals surface area contributed by atoms with E-state index in [0.717, 1.165) is 24.3 Å². The smallest absolute Gasteiger partial charge is 0.453 e. The molecule has 1 heterocycles. The third-order valence-electron chi connectivity index (χ3n) is 6.35. The summed E-state index contributed by atoms with van der Waals surface area (Å²) in [4.78, 5) is 1.57. The molecule has 0 bridgehead atoms. The van der Waals surface area contributed by atoms with E-state index in [9.17, 15) is 31.1 Å². The second-order valence-corrected chi connectivity index (χ2v) is 10.5. The molecule has 12 heteroatoms. The molecule has 2 aliphatic rings. The van der Waals surface area contributed by atoms with Crippen LogP contribution in [0.4, 0.5) is 28.9 Å². The monoisotopic (exact) mass is 538 g/mol. The summed E-state index contributed by atoms with van der Waals surface area (Å²) in [6.07, 6.45) is -4.63. The first-order chi connectivity index (χ1) is 17.5. The SMILES string of the molecule is O=S(=O)(NC1CCCC(N2c3ccccc3Oc3cc(F)ccc32)[C@H]1O)c1ccc(OC(F)(F)F)cc1. The van der Waals surface area contributed by atoms with Gasteiger partial charge in [-0.2, -0.15) is 0 Å². The first-order valence-corrected chi connectivity index (χ1v) is 12.9. The minimum absolute atomic E-state index is 0.270. The molecule has 1 saturated carbocycles. The average molecular weight is 539 g/mol. The maximum Gasteiger partial charge on any atom is 0.573 e. The molecule has 37 heavy (non-hydrogen) atoms. The van der Waals surface area contributed by atoms with Crippen molar-refractivity contribution in [3.8, 4) is 17.2 Å². The Balaban J connectivity index is 1.40. The lowest BCUT2D eigenvalue weighted by Crippen LogP contribution is -2.56. The van der Waals surface area contributed by atoms with E-state index in [1.54, 1.807) is 30.3 Å². The second-order valence-electron chi connectivity index (χ2n) is 8.79. The number of aliphatic hydroxyl groups is 1. The molecule has 5 rings (SSSR count). The van der Waals surface area contributed by atoms with E-state index in [4.69, 9.17) is 4.74 Å². The maximum atomic E-state index is 13.9. The molecular weight excluding hydrogens is 516 g/mol. The fraction of sp³-hybridized carbons (Fsp3) is 0.280. The van der Waals surface area contributed by atoms with E-state index in [-0.39, 0.29) is 10.6 Å². The van der Waals surface area contributed by atoms with Crippen molar-refractivity contribution in [2.45, 2.75) is 48.7 Å². The van der Waals surface area contributed by atoms with Gasteiger partial charge < -0.3 is 19.5 Å². The Kier molecular flexibility index (Phi) is 6.50. The molecule has 3 aromatic carbocycles. The van der Waals surface area contributed by atoms with Crippen molar-refractivity contribution in [2.75, 3.05) is 4.90 Å². The van der Waals surface area contributed by atoms with Crippen LogP contribution in [0, 0.1) is 5.82 Å². The van der Waals surface area contributed by atoms with Crippen LogP contribution in [0.25, 0.3) is 0 Å². The number of hydrogen-bond acceptors (Lipinski definition) is 6. The summed E-state index contributed by atoms with van der Waals surface area (Å²) in [6, 6.07) is 13.5. The highest BCUT2D eigenvalue weighted by Gasteiger charge is 2.41. The van der Waals surface area contributed by atoms with Crippen LogP contribution in [0.2, 0.25) is 0 Å². The van der Waals surface area contributed by atoms with Gasteiger partial charge in [-0.1, -0.05) is 12.1 Å². The van der Waals surface area contributed by atoms with Gasteiger partial charge >= 0.3 is 6.36 Å². The zero-order valence-corrected chi connectivity index (χ0v) is 20.0. The number of ether oxygens (including phenoxy) is 2. The third kappa shape index (κ3) is 5.22. The number of rotatable bonds is 5. The standard InChI is InChI=1S/C25H22F4N2O5S/c26-15-8-13-20-23(14-15)35-22-7-2-1-5-19(22)31(20)21-6-3-4-18(24(21)32)30-37(33,34)17-11-9-16(10-12-17)36-25(27,28)29/h1-2,5,7-14,18,21,24,30,32H,3-4,6H2/t18?,21?,24-/m0/s1. The number of para-hydroxylation sites is 2. The molecule has 0 saturated heterocycles. The number of sulfonamides is 1. The average Bonchev–Trinajstić information content (AvgIpc) is 2.83. The van der Waals surface area contributed by atoms with E-state index < -0.39 is 46.1 Å². The van der Waals surface area contributed by atoms with Crippen molar-refractivity contribution >= 4 is 21.4 Å². The summed E-state index contributed by atoms with van der Waals surface area (Å²) < 4.78 is 89.3. The predicted octanol–water partition coefficient (Wildman–Crippen LogP) is 5.23. The molecule has 0 aromatic heterocycles. The van der Waals surface area contributed by atoms with Gasteiger partial charge in [0.25, 0.3) is 0 Å². The number of fused-ring (bicyclic) bond motifs is 2. The molecular formula is C25H22F4N2O5S. The number of hydrogen-bond donors (Lipinski definition) is 2. The van der Waals surface area contributed by atoms with Crippen molar-refractivity contribution in [1.82, 2.24) is 4.72 Å². The molecule has 2 unspecified atom stereocenters. The van der Waals surface area contributed by atoms with Gasteiger partial charge in [0.1, 0.15) is 11.6 Å². The molecule has 3 atom stereocenters. The van der Waals surface area contributed by atoms with Crippen LogP contribution in [0.5, 0.6) is 17.2 Å². The van der Waals surface area contributed by atoms with Crippen molar-refractivity contribution in [3.63, 3.8) is 0 Å². The van der Waals surface area contributed by atoms with Crippen LogP contribution >= 0.6 is 0 Å². The Morgan fingerprint density at radius 3 is 2.41 bits per heavy atom. The Morgan fingerprint density at radius 1 is 0.973 bits per heavy atom. The number of benzene rings is 3. The van der Waals surface area contributed by atoms with Crippen LogP contribution in [0.15, 0.2) is 71.6 Å². The first-order valence-electron chi connectivity index (χ1n) is 11.4. The number of nitrogens with zero attached hydrogens (tertiary/aromatic N) is 1. The van der Waals surface area contributed by atoms with Crippen molar-refractivity contribution in [1.29, 1.82) is 0 Å². The largest absolute Gasteiger partial charge is 0.573 e. The van der Waals surface area contributed by atoms with Gasteiger partial charge in [0, 0.05) is 6.07 Å². The minimum atomic E-state index is -4.90. The van der Waals surface area contributed by atoms with Gasteiger partial charge in [-0.3, -0.25) is 0 Å². The molecule has 1 aliphatic heterocycles. The van der Waals surface area contributed by atoms with Crippen LogP contribution in [0.1, 0.15) is 19.3 Å². The van der Waals surface area contributed by atoms with Gasteiger partial charge in [0.2, 0.25) is 10.0 Å². The predicted molar refractivity (Wildman–Crippen MR) is 126 cm³/mol. The summed E-state index contributed by atoms with van der Waals surface area (Å²) in [6.45, 7) is 0.